The molecule has 1 saturated carbocycles. The van der Waals surface area contributed by atoms with Crippen LogP contribution in [0.3, 0.4) is 0 Å². The second kappa shape index (κ2) is 21.5. The third-order valence-corrected chi connectivity index (χ3v) is 11.7. The van der Waals surface area contributed by atoms with Crippen LogP contribution in [0.2, 0.25) is 0 Å². The van der Waals surface area contributed by atoms with Gasteiger partial charge in [0.05, 0.1) is 6.10 Å². The fourth-order valence-electron chi connectivity index (χ4n) is 5.81. The second-order valence-corrected chi connectivity index (χ2v) is 17.3. The van der Waals surface area contributed by atoms with Crippen molar-refractivity contribution in [2.45, 2.75) is 98.8 Å². The molecule has 0 spiro atoms. The summed E-state index contributed by atoms with van der Waals surface area (Å²) in [6.45, 7) is 25.8. The molecule has 0 unspecified atom stereocenters. The van der Waals surface area contributed by atoms with Crippen LogP contribution in [0.1, 0.15) is 97.3 Å². The Labute approximate surface area is 301 Å². The van der Waals surface area contributed by atoms with Crippen molar-refractivity contribution in [1.82, 2.24) is 9.80 Å². The quantitative estimate of drug-likeness (QED) is 0.134. The van der Waals surface area contributed by atoms with Crippen LogP contribution in [0, 0.1) is 16.7 Å². The number of aliphatic hydroxyl groups excluding tert-OH is 1. The molecule has 0 bridgehead atoms. The number of nitrogens with zero attached hydrogens (tertiary/aromatic N) is 3. The molecule has 1 aliphatic heterocycles. The molecular weight excluding hydrogens is 775 g/mol. The normalized spacial score (nSPS) is 19.1. The van der Waals surface area contributed by atoms with E-state index in [-0.39, 0.29) is 6.10 Å². The molecule has 2 aromatic carbocycles. The topological polar surface area (TPSA) is 77.7 Å². The monoisotopic (exact) mass is 836 g/mol. The zero-order chi connectivity index (χ0) is 34.2. The summed E-state index contributed by atoms with van der Waals surface area (Å²) in [5, 5.41) is 26.1. The first-order chi connectivity index (χ1) is 21.9. The van der Waals surface area contributed by atoms with E-state index in [2.05, 4.69) is 68.0 Å². The SMILES string of the molecule is C=[C]([Hg])c1ccc(C(=N)SC(=N)c2ccc(N3CCN(C4CCC(C)CC4)CC3)cc2)cc1.CCN(CC)C(C)C.CC[C@H](C)O. The standard InChI is InChI=1S/C27H33N4S.C7H17N.C4H10O.Hg/c1-3-21-6-8-22(9-7-21)26(28)32-27(29)23-10-14-25(15-11-23)31-18-16-30(17-19-31)24-12-4-20(2)5-13-24;1-5-8(6-2)7(3)4;1-3-4(2)5;/h6-11,14-15,20,24,28-29H,1,4-5,12-13,16-19H2,2H3;7H,5-6H2,1-4H3;4-5H,3H2,1-2H3;/t;;4-;/m..0./s1. The molecule has 1 atom stereocenters. The average Bonchev–Trinajstić information content (AvgIpc) is 3.06. The van der Waals surface area contributed by atoms with E-state index in [1.807, 2.05) is 43.3 Å². The van der Waals surface area contributed by atoms with Crippen molar-refractivity contribution in [3.63, 3.8) is 0 Å². The number of hydrogen-bond acceptors (Lipinski definition) is 7. The van der Waals surface area contributed by atoms with Gasteiger partial charge in [0.15, 0.2) is 0 Å². The van der Waals surface area contributed by atoms with Crippen LogP contribution >= 0.6 is 11.8 Å². The van der Waals surface area contributed by atoms with E-state index in [9.17, 15) is 0 Å². The van der Waals surface area contributed by atoms with E-state index >= 15 is 0 Å². The predicted octanol–water partition coefficient (Wildman–Crippen LogP) is 8.50. The van der Waals surface area contributed by atoms with E-state index in [0.29, 0.717) is 42.3 Å². The Kier molecular flexibility index (Phi) is 19.0. The van der Waals surface area contributed by atoms with Crippen molar-refractivity contribution < 1.29 is 31.2 Å². The fourth-order valence-corrected chi connectivity index (χ4v) is 7.44. The summed E-state index contributed by atoms with van der Waals surface area (Å²) in [7, 11) is 0. The molecule has 4 rings (SSSR count). The fraction of sp³-hybridized carbons (Fsp3) is 0.579. The van der Waals surface area contributed by atoms with Gasteiger partial charge in [-0.3, -0.25) is 4.90 Å². The summed E-state index contributed by atoms with van der Waals surface area (Å²) in [6, 6.07) is 17.8. The number of anilines is 1. The van der Waals surface area contributed by atoms with Crippen molar-refractivity contribution in [3.8, 4) is 0 Å². The van der Waals surface area contributed by atoms with Gasteiger partial charge >= 0.3 is 139 Å². The van der Waals surface area contributed by atoms with Crippen molar-refractivity contribution >= 4 is 30.6 Å². The minimum Gasteiger partial charge on any atom is -0.393 e. The molecule has 0 amide bonds. The summed E-state index contributed by atoms with van der Waals surface area (Å²) in [5.74, 6) is 0.908. The number of thioether (sulfide) groups is 1. The Bertz CT molecular complexity index is 1180. The summed E-state index contributed by atoms with van der Waals surface area (Å²) in [5.41, 5.74) is 4.13. The van der Waals surface area contributed by atoms with Crippen LogP contribution < -0.4 is 4.90 Å². The molecule has 2 aromatic rings. The molecule has 2 aliphatic rings. The minimum absolute atomic E-state index is 0.116. The molecular formula is C38H60HgN5OS. The maximum absolute atomic E-state index is 8.48. The van der Waals surface area contributed by atoms with E-state index in [1.165, 1.54) is 64.9 Å². The van der Waals surface area contributed by atoms with Gasteiger partial charge in [0.2, 0.25) is 0 Å². The third kappa shape index (κ3) is 13.9. The van der Waals surface area contributed by atoms with Crippen LogP contribution in [0.25, 0.3) is 3.08 Å². The predicted molar refractivity (Wildman–Crippen MR) is 198 cm³/mol. The number of hydrogen-bond donors (Lipinski definition) is 3. The van der Waals surface area contributed by atoms with Crippen molar-refractivity contribution in [1.29, 1.82) is 10.8 Å². The Balaban J connectivity index is 0.000000478. The van der Waals surface area contributed by atoms with Gasteiger partial charge in [-0.2, -0.15) is 0 Å². The van der Waals surface area contributed by atoms with Gasteiger partial charge in [0.1, 0.15) is 0 Å². The molecule has 0 aromatic heterocycles. The van der Waals surface area contributed by atoms with Gasteiger partial charge in [-0.05, 0) is 71.9 Å². The van der Waals surface area contributed by atoms with Crippen molar-refractivity contribution in [2.75, 3.05) is 44.2 Å². The average molecular weight is 836 g/mol. The molecule has 251 valence electrons. The van der Waals surface area contributed by atoms with Gasteiger partial charge in [0, 0.05) is 38.3 Å². The zero-order valence-electron chi connectivity index (χ0n) is 29.8. The van der Waals surface area contributed by atoms with E-state index in [0.717, 1.165) is 55.7 Å². The molecule has 6 nitrogen and oxygen atoms in total. The molecule has 0 radical (unpaired) electrons. The number of benzene rings is 2. The van der Waals surface area contributed by atoms with Crippen LogP contribution in [0.5, 0.6) is 0 Å². The third-order valence-electron chi connectivity index (χ3n) is 9.20. The number of aliphatic hydroxyl groups is 1. The molecule has 2 fully saturated rings. The van der Waals surface area contributed by atoms with E-state index in [1.54, 1.807) is 6.92 Å². The summed E-state index contributed by atoms with van der Waals surface area (Å²) in [6.07, 6.45) is 6.25. The van der Waals surface area contributed by atoms with Crippen LogP contribution in [-0.2, 0) is 26.1 Å². The Hall–Kier alpha value is -1.51. The molecule has 1 saturated heterocycles. The summed E-state index contributed by atoms with van der Waals surface area (Å²) < 4.78 is 1.21. The molecule has 8 heteroatoms. The van der Waals surface area contributed by atoms with Crippen LogP contribution in [-0.4, -0.2) is 82.4 Å². The van der Waals surface area contributed by atoms with Crippen molar-refractivity contribution in [3.05, 3.63) is 71.8 Å². The van der Waals surface area contributed by atoms with Gasteiger partial charge in [0.25, 0.3) is 0 Å². The van der Waals surface area contributed by atoms with Gasteiger partial charge < -0.3 is 14.9 Å². The first-order valence-electron chi connectivity index (χ1n) is 17.4. The molecule has 1 aliphatic carbocycles. The Morgan fingerprint density at radius 2 is 1.28 bits per heavy atom. The summed E-state index contributed by atoms with van der Waals surface area (Å²) >= 11 is 1.74. The maximum Gasteiger partial charge on any atom is 0.0509 e. The number of nitrogens with one attached hydrogen (secondary N) is 2. The minimum atomic E-state index is -0.116. The number of piperazine rings is 1. The largest absolute Gasteiger partial charge is 0.393 e. The Morgan fingerprint density at radius 1 is 0.848 bits per heavy atom. The summed E-state index contributed by atoms with van der Waals surface area (Å²) in [4.78, 5) is 7.60. The van der Waals surface area contributed by atoms with Gasteiger partial charge in [-0.1, -0.05) is 27.7 Å². The molecule has 46 heavy (non-hydrogen) atoms. The maximum atomic E-state index is 8.48. The van der Waals surface area contributed by atoms with Crippen LogP contribution in [0.15, 0.2) is 55.1 Å². The molecule has 1 heterocycles. The zero-order valence-corrected chi connectivity index (χ0v) is 36.1. The van der Waals surface area contributed by atoms with E-state index < -0.39 is 0 Å². The molecule has 3 N–H and O–H groups in total. The first-order valence-corrected chi connectivity index (χ1v) is 20.9. The van der Waals surface area contributed by atoms with Gasteiger partial charge in [-0.15, -0.1) is 0 Å². The number of rotatable bonds is 9. The van der Waals surface area contributed by atoms with Gasteiger partial charge in [-0.25, -0.2) is 0 Å². The van der Waals surface area contributed by atoms with Crippen molar-refractivity contribution in [2.24, 2.45) is 5.92 Å². The first kappa shape index (κ1) is 40.7. The smallest absolute Gasteiger partial charge is 0.0509 e. The van der Waals surface area contributed by atoms with Crippen LogP contribution in [0.4, 0.5) is 5.69 Å². The van der Waals surface area contributed by atoms with E-state index in [4.69, 9.17) is 15.9 Å². The Morgan fingerprint density at radius 3 is 1.65 bits per heavy atom. The second-order valence-electron chi connectivity index (χ2n) is 13.0.